The van der Waals surface area contributed by atoms with Gasteiger partial charge in [0.25, 0.3) is 0 Å². The van der Waals surface area contributed by atoms with Crippen LogP contribution in [0.2, 0.25) is 0 Å². The molecule has 2 nitrogen and oxygen atoms in total. The standard InChI is InChI=1S/C25H35O2P/c1-7-8-9-10-15-27-22-16-18(2)23(19(3)17-22)28-24(26)20-11-13-21(14-12-20)25(4,5)6/h11-14,16-17,28H,7-10,15H2,1-6H3. The van der Waals surface area contributed by atoms with E-state index < -0.39 is 0 Å². The minimum absolute atomic E-state index is 0.101. The maximum absolute atomic E-state index is 12.8. The molecule has 0 N–H and O–H groups in total. The van der Waals surface area contributed by atoms with Crippen molar-refractivity contribution in [3.8, 4) is 5.75 Å². The highest BCUT2D eigenvalue weighted by Gasteiger charge is 2.16. The zero-order valence-electron chi connectivity index (χ0n) is 18.3. The third kappa shape index (κ3) is 6.45. The number of benzene rings is 2. The van der Waals surface area contributed by atoms with E-state index in [0.717, 1.165) is 40.8 Å². The molecule has 3 heteroatoms. The molecule has 0 spiro atoms. The molecule has 0 heterocycles. The van der Waals surface area contributed by atoms with Crippen LogP contribution in [0.25, 0.3) is 0 Å². The largest absolute Gasteiger partial charge is 0.494 e. The van der Waals surface area contributed by atoms with Gasteiger partial charge in [-0.3, -0.25) is 4.79 Å². The molecule has 0 amide bonds. The first-order chi connectivity index (χ1) is 13.2. The van der Waals surface area contributed by atoms with Gasteiger partial charge in [0.15, 0.2) is 5.52 Å². The van der Waals surface area contributed by atoms with Gasteiger partial charge in [-0.05, 0) is 68.4 Å². The van der Waals surface area contributed by atoms with Gasteiger partial charge >= 0.3 is 0 Å². The van der Waals surface area contributed by atoms with Gasteiger partial charge in [-0.15, -0.1) is 0 Å². The number of hydrogen-bond acceptors (Lipinski definition) is 2. The predicted octanol–water partition coefficient (Wildman–Crippen LogP) is 6.70. The number of carbonyl (C=O) groups excluding carboxylic acids is 1. The van der Waals surface area contributed by atoms with E-state index in [4.69, 9.17) is 4.74 Å². The van der Waals surface area contributed by atoms with E-state index in [1.54, 1.807) is 0 Å². The fourth-order valence-electron chi connectivity index (χ4n) is 3.23. The highest BCUT2D eigenvalue weighted by atomic mass is 31.1. The lowest BCUT2D eigenvalue weighted by Crippen LogP contribution is -2.12. The van der Waals surface area contributed by atoms with Crippen molar-refractivity contribution in [2.24, 2.45) is 0 Å². The SMILES string of the molecule is CCCCCCOc1cc(C)c(PC(=O)c2ccc(C(C)(C)C)cc2)c(C)c1. The van der Waals surface area contributed by atoms with Crippen LogP contribution in [0.1, 0.15) is 80.4 Å². The summed E-state index contributed by atoms with van der Waals surface area (Å²) in [6, 6.07) is 12.2. The Kier molecular flexibility index (Phi) is 8.25. The number of carbonyl (C=O) groups is 1. The van der Waals surface area contributed by atoms with Crippen LogP contribution < -0.4 is 10.0 Å². The van der Waals surface area contributed by atoms with Crippen molar-refractivity contribution in [2.75, 3.05) is 6.61 Å². The average molecular weight is 399 g/mol. The summed E-state index contributed by atoms with van der Waals surface area (Å²) in [7, 11) is 0.141. The molecule has 1 atom stereocenters. The summed E-state index contributed by atoms with van der Waals surface area (Å²) in [4.78, 5) is 12.8. The molecule has 2 aromatic carbocycles. The molecule has 0 fully saturated rings. The van der Waals surface area contributed by atoms with Gasteiger partial charge in [0.05, 0.1) is 6.61 Å². The average Bonchev–Trinajstić information content (AvgIpc) is 2.64. The van der Waals surface area contributed by atoms with E-state index in [9.17, 15) is 4.79 Å². The van der Waals surface area contributed by atoms with E-state index in [1.807, 2.05) is 12.1 Å². The van der Waals surface area contributed by atoms with Gasteiger partial charge in [0.2, 0.25) is 0 Å². The van der Waals surface area contributed by atoms with E-state index in [2.05, 4.69) is 65.8 Å². The Morgan fingerprint density at radius 1 is 0.964 bits per heavy atom. The smallest absolute Gasteiger partial charge is 0.185 e. The topological polar surface area (TPSA) is 26.3 Å². The summed E-state index contributed by atoms with van der Waals surface area (Å²) in [5.41, 5.74) is 4.62. The van der Waals surface area contributed by atoms with Crippen LogP contribution in [0.4, 0.5) is 0 Å². The molecular weight excluding hydrogens is 363 g/mol. The normalized spacial score (nSPS) is 11.9. The summed E-state index contributed by atoms with van der Waals surface area (Å²) >= 11 is 0. The first-order valence-corrected chi connectivity index (χ1v) is 11.4. The molecule has 0 aromatic heterocycles. The molecule has 152 valence electrons. The lowest BCUT2D eigenvalue weighted by molar-refractivity contribution is 0.108. The quantitative estimate of drug-likeness (QED) is 0.347. The minimum Gasteiger partial charge on any atom is -0.494 e. The van der Waals surface area contributed by atoms with E-state index in [1.165, 1.54) is 24.8 Å². The molecule has 0 aliphatic carbocycles. The van der Waals surface area contributed by atoms with Gasteiger partial charge in [-0.2, -0.15) is 0 Å². The monoisotopic (exact) mass is 398 g/mol. The van der Waals surface area contributed by atoms with Crippen LogP contribution in [0, 0.1) is 13.8 Å². The number of aryl methyl sites for hydroxylation is 2. The molecule has 2 rings (SSSR count). The Bertz CT molecular complexity index is 762. The van der Waals surface area contributed by atoms with Gasteiger partial charge in [0.1, 0.15) is 5.75 Å². The molecule has 0 saturated carbocycles. The van der Waals surface area contributed by atoms with Gasteiger partial charge in [0, 0.05) is 5.56 Å². The number of rotatable bonds is 9. The van der Waals surface area contributed by atoms with Crippen LogP contribution >= 0.6 is 8.58 Å². The van der Waals surface area contributed by atoms with Crippen LogP contribution in [0.15, 0.2) is 36.4 Å². The first kappa shape index (κ1) is 22.6. The third-order valence-electron chi connectivity index (χ3n) is 5.02. The van der Waals surface area contributed by atoms with Crippen LogP contribution in [-0.2, 0) is 5.41 Å². The van der Waals surface area contributed by atoms with Crippen molar-refractivity contribution in [1.82, 2.24) is 0 Å². The molecule has 1 unspecified atom stereocenters. The van der Waals surface area contributed by atoms with Crippen molar-refractivity contribution in [2.45, 2.75) is 72.6 Å². The minimum atomic E-state index is 0.101. The fraction of sp³-hybridized carbons (Fsp3) is 0.480. The van der Waals surface area contributed by atoms with Gasteiger partial charge in [-0.25, -0.2) is 0 Å². The molecule has 0 saturated heterocycles. The molecule has 2 aromatic rings. The number of unbranched alkanes of at least 4 members (excludes halogenated alkanes) is 3. The summed E-state index contributed by atoms with van der Waals surface area (Å²) < 4.78 is 5.92. The maximum Gasteiger partial charge on any atom is 0.185 e. The lowest BCUT2D eigenvalue weighted by Gasteiger charge is -2.19. The summed E-state index contributed by atoms with van der Waals surface area (Å²) in [5.74, 6) is 0.919. The Morgan fingerprint density at radius 3 is 2.11 bits per heavy atom. The molecular formula is C25H35O2P. The second kappa shape index (κ2) is 10.2. The highest BCUT2D eigenvalue weighted by molar-refractivity contribution is 7.66. The van der Waals surface area contributed by atoms with Crippen LogP contribution in [-0.4, -0.2) is 12.1 Å². The molecule has 0 aliphatic rings. The maximum atomic E-state index is 12.8. The predicted molar refractivity (Wildman–Crippen MR) is 123 cm³/mol. The van der Waals surface area contributed by atoms with Gasteiger partial charge in [-0.1, -0.05) is 71.2 Å². The Balaban J connectivity index is 2.04. The van der Waals surface area contributed by atoms with Crippen molar-refractivity contribution in [3.05, 3.63) is 58.7 Å². The van der Waals surface area contributed by atoms with E-state index in [-0.39, 0.29) is 19.5 Å². The van der Waals surface area contributed by atoms with Crippen LogP contribution in [0.3, 0.4) is 0 Å². The molecule has 28 heavy (non-hydrogen) atoms. The fourth-order valence-corrected chi connectivity index (χ4v) is 4.31. The van der Waals surface area contributed by atoms with Crippen molar-refractivity contribution < 1.29 is 9.53 Å². The number of hydrogen-bond donors (Lipinski definition) is 0. The highest BCUT2D eigenvalue weighted by Crippen LogP contribution is 2.27. The third-order valence-corrected chi connectivity index (χ3v) is 6.58. The summed E-state index contributed by atoms with van der Waals surface area (Å²) in [6.45, 7) is 13.7. The zero-order chi connectivity index (χ0) is 20.7. The summed E-state index contributed by atoms with van der Waals surface area (Å²) in [5, 5.41) is 1.14. The zero-order valence-corrected chi connectivity index (χ0v) is 19.3. The molecule has 0 bridgehead atoms. The van der Waals surface area contributed by atoms with Crippen molar-refractivity contribution >= 4 is 19.4 Å². The van der Waals surface area contributed by atoms with Gasteiger partial charge < -0.3 is 4.74 Å². The van der Waals surface area contributed by atoms with E-state index in [0.29, 0.717) is 0 Å². The summed E-state index contributed by atoms with van der Waals surface area (Å²) in [6.07, 6.45) is 4.82. The Morgan fingerprint density at radius 2 is 1.57 bits per heavy atom. The second-order valence-corrected chi connectivity index (χ2v) is 9.83. The van der Waals surface area contributed by atoms with E-state index >= 15 is 0 Å². The first-order valence-electron chi connectivity index (χ1n) is 10.4. The van der Waals surface area contributed by atoms with Crippen molar-refractivity contribution in [1.29, 1.82) is 0 Å². The lowest BCUT2D eigenvalue weighted by atomic mass is 9.87. The molecule has 0 radical (unpaired) electrons. The van der Waals surface area contributed by atoms with Crippen molar-refractivity contribution in [3.63, 3.8) is 0 Å². The second-order valence-electron chi connectivity index (χ2n) is 8.62. The molecule has 0 aliphatic heterocycles. The Labute approximate surface area is 172 Å². The van der Waals surface area contributed by atoms with Crippen LogP contribution in [0.5, 0.6) is 5.75 Å². The Hall–Kier alpha value is -1.66. The number of ether oxygens (including phenoxy) is 1.